The summed E-state index contributed by atoms with van der Waals surface area (Å²) in [5.41, 5.74) is 3.74. The Hall–Kier alpha value is -2.94. The second-order valence-corrected chi connectivity index (χ2v) is 8.01. The van der Waals surface area contributed by atoms with Gasteiger partial charge in [-0.3, -0.25) is 9.59 Å². The normalized spacial score (nSPS) is 16.4. The molecule has 144 valence electrons. The van der Waals surface area contributed by atoms with E-state index in [4.69, 9.17) is 0 Å². The van der Waals surface area contributed by atoms with E-state index in [0.29, 0.717) is 21.7 Å². The minimum absolute atomic E-state index is 0.274. The quantitative estimate of drug-likeness (QED) is 0.538. The molecule has 28 heavy (non-hydrogen) atoms. The maximum absolute atomic E-state index is 12.9. The van der Waals surface area contributed by atoms with E-state index < -0.39 is 5.91 Å². The van der Waals surface area contributed by atoms with Gasteiger partial charge in [0.05, 0.1) is 11.6 Å². The predicted molar refractivity (Wildman–Crippen MR) is 105 cm³/mol. The SMILES string of the molecule is CC1CCc2c(sc3nnn(CC(=O)N/N=C\c4ccc(F)cc4)c(=O)c23)C1. The first-order valence-electron chi connectivity index (χ1n) is 8.97. The minimum atomic E-state index is -0.494. The summed E-state index contributed by atoms with van der Waals surface area (Å²) in [7, 11) is 0. The molecule has 1 amide bonds. The molecule has 1 atom stereocenters. The standard InChI is InChI=1S/C19H18FN5O2S/c1-11-2-7-14-15(8-11)28-18-17(14)19(27)25(24-23-18)10-16(26)22-21-9-12-3-5-13(20)6-4-12/h3-6,9,11H,2,7-8,10H2,1H3,(H,22,26)/b21-9-. The number of hydrogen-bond donors (Lipinski definition) is 1. The molecule has 7 nitrogen and oxygen atoms in total. The number of fused-ring (bicyclic) bond motifs is 3. The Labute approximate surface area is 163 Å². The lowest BCUT2D eigenvalue weighted by molar-refractivity contribution is -0.121. The molecule has 0 saturated heterocycles. The van der Waals surface area contributed by atoms with E-state index in [1.54, 1.807) is 0 Å². The van der Waals surface area contributed by atoms with E-state index >= 15 is 0 Å². The van der Waals surface area contributed by atoms with Crippen LogP contribution in [0.5, 0.6) is 0 Å². The number of aromatic nitrogens is 3. The summed E-state index contributed by atoms with van der Waals surface area (Å²) in [5.74, 6) is -0.244. The van der Waals surface area contributed by atoms with E-state index in [0.717, 1.165) is 29.5 Å². The average molecular weight is 399 g/mol. The van der Waals surface area contributed by atoms with Gasteiger partial charge in [-0.2, -0.15) is 5.10 Å². The predicted octanol–water partition coefficient (Wildman–Crippen LogP) is 2.27. The Bertz CT molecular complexity index is 1120. The van der Waals surface area contributed by atoms with Crippen molar-refractivity contribution in [2.75, 3.05) is 0 Å². The zero-order valence-corrected chi connectivity index (χ0v) is 16.0. The van der Waals surface area contributed by atoms with Crippen molar-refractivity contribution in [2.45, 2.75) is 32.7 Å². The fraction of sp³-hybridized carbons (Fsp3) is 0.316. The van der Waals surface area contributed by atoms with Crippen molar-refractivity contribution in [2.24, 2.45) is 11.0 Å². The van der Waals surface area contributed by atoms with Gasteiger partial charge in [-0.25, -0.2) is 14.5 Å². The number of nitrogens with one attached hydrogen (secondary N) is 1. The zero-order valence-electron chi connectivity index (χ0n) is 15.2. The van der Waals surface area contributed by atoms with Crippen molar-refractivity contribution in [1.82, 2.24) is 20.4 Å². The van der Waals surface area contributed by atoms with Gasteiger partial charge in [0.25, 0.3) is 11.5 Å². The Balaban J connectivity index is 1.50. The Morgan fingerprint density at radius 2 is 2.21 bits per heavy atom. The van der Waals surface area contributed by atoms with Crippen LogP contribution in [-0.2, 0) is 24.2 Å². The molecule has 1 unspecified atom stereocenters. The lowest BCUT2D eigenvalue weighted by Gasteiger charge is -2.17. The molecule has 0 bridgehead atoms. The summed E-state index contributed by atoms with van der Waals surface area (Å²) in [6, 6.07) is 5.68. The minimum Gasteiger partial charge on any atom is -0.271 e. The molecule has 4 rings (SSSR count). The van der Waals surface area contributed by atoms with E-state index in [-0.39, 0.29) is 17.9 Å². The largest absolute Gasteiger partial charge is 0.279 e. The summed E-state index contributed by atoms with van der Waals surface area (Å²) in [6.45, 7) is 1.93. The van der Waals surface area contributed by atoms with Crippen LogP contribution < -0.4 is 11.0 Å². The molecule has 1 aliphatic carbocycles. The van der Waals surface area contributed by atoms with Crippen molar-refractivity contribution < 1.29 is 9.18 Å². The number of hydrogen-bond acceptors (Lipinski definition) is 6. The van der Waals surface area contributed by atoms with Crippen LogP contribution in [0.2, 0.25) is 0 Å². The van der Waals surface area contributed by atoms with Crippen LogP contribution in [0.1, 0.15) is 29.3 Å². The van der Waals surface area contributed by atoms with E-state index in [1.807, 2.05) is 0 Å². The number of thiophene rings is 1. The van der Waals surface area contributed by atoms with Crippen LogP contribution in [0.15, 0.2) is 34.2 Å². The molecule has 0 aliphatic heterocycles. The third-order valence-electron chi connectivity index (χ3n) is 4.75. The number of nitrogens with zero attached hydrogens (tertiary/aromatic N) is 4. The number of rotatable bonds is 4. The molecular formula is C19H18FN5O2S. The fourth-order valence-electron chi connectivity index (χ4n) is 3.29. The highest BCUT2D eigenvalue weighted by molar-refractivity contribution is 7.18. The number of benzene rings is 1. The summed E-state index contributed by atoms with van der Waals surface area (Å²) >= 11 is 1.52. The van der Waals surface area contributed by atoms with Crippen LogP contribution in [0.3, 0.4) is 0 Å². The second kappa shape index (κ2) is 7.59. The van der Waals surface area contributed by atoms with Crippen LogP contribution in [0.25, 0.3) is 10.2 Å². The van der Waals surface area contributed by atoms with Crippen LogP contribution in [0.4, 0.5) is 4.39 Å². The maximum atomic E-state index is 12.9. The van der Waals surface area contributed by atoms with E-state index in [1.165, 1.54) is 46.7 Å². The van der Waals surface area contributed by atoms with Crippen molar-refractivity contribution in [3.63, 3.8) is 0 Å². The molecule has 0 radical (unpaired) electrons. The Kier molecular flexibility index (Phi) is 4.99. The summed E-state index contributed by atoms with van der Waals surface area (Å²) in [5, 5.41) is 12.4. The number of hydrazone groups is 1. The summed E-state index contributed by atoms with van der Waals surface area (Å²) < 4.78 is 13.9. The zero-order chi connectivity index (χ0) is 19.7. The highest BCUT2D eigenvalue weighted by Crippen LogP contribution is 2.35. The third kappa shape index (κ3) is 3.70. The fourth-order valence-corrected chi connectivity index (χ4v) is 4.61. The molecule has 0 spiro atoms. The molecule has 9 heteroatoms. The lowest BCUT2D eigenvalue weighted by atomic mass is 9.89. The summed E-state index contributed by atoms with van der Waals surface area (Å²) in [4.78, 5) is 26.8. The van der Waals surface area contributed by atoms with Gasteiger partial charge in [-0.15, -0.1) is 16.4 Å². The lowest BCUT2D eigenvalue weighted by Crippen LogP contribution is -2.32. The highest BCUT2D eigenvalue weighted by Gasteiger charge is 2.24. The molecule has 2 aromatic heterocycles. The Morgan fingerprint density at radius 3 is 3.00 bits per heavy atom. The number of carbonyl (C=O) groups is 1. The van der Waals surface area contributed by atoms with Gasteiger partial charge in [0.1, 0.15) is 12.4 Å². The molecule has 1 aromatic carbocycles. The van der Waals surface area contributed by atoms with Crippen molar-refractivity contribution in [3.8, 4) is 0 Å². The molecule has 1 N–H and O–H groups in total. The first kappa shape index (κ1) is 18.4. The second-order valence-electron chi connectivity index (χ2n) is 6.93. The van der Waals surface area contributed by atoms with Crippen molar-refractivity contribution in [1.29, 1.82) is 0 Å². The number of halogens is 1. The van der Waals surface area contributed by atoms with Gasteiger partial charge >= 0.3 is 0 Å². The Morgan fingerprint density at radius 1 is 1.43 bits per heavy atom. The molecule has 0 saturated carbocycles. The number of aryl methyl sites for hydroxylation is 1. The molecule has 0 fully saturated rings. The molecule has 3 aromatic rings. The van der Waals surface area contributed by atoms with Gasteiger partial charge < -0.3 is 0 Å². The van der Waals surface area contributed by atoms with Gasteiger partial charge in [0, 0.05) is 4.88 Å². The van der Waals surface area contributed by atoms with Gasteiger partial charge in [0.2, 0.25) is 0 Å². The number of amides is 1. The van der Waals surface area contributed by atoms with Crippen LogP contribution in [-0.4, -0.2) is 27.1 Å². The van der Waals surface area contributed by atoms with E-state index in [2.05, 4.69) is 27.8 Å². The third-order valence-corrected chi connectivity index (χ3v) is 5.89. The van der Waals surface area contributed by atoms with Crippen LogP contribution >= 0.6 is 11.3 Å². The maximum Gasteiger partial charge on any atom is 0.279 e. The van der Waals surface area contributed by atoms with Crippen LogP contribution in [0, 0.1) is 11.7 Å². The van der Waals surface area contributed by atoms with E-state index in [9.17, 15) is 14.0 Å². The highest BCUT2D eigenvalue weighted by atomic mass is 32.1. The van der Waals surface area contributed by atoms with Crippen molar-refractivity contribution in [3.05, 3.63) is 56.4 Å². The number of carbonyl (C=O) groups excluding carboxylic acids is 1. The summed E-state index contributed by atoms with van der Waals surface area (Å²) in [6.07, 6.45) is 4.24. The first-order valence-corrected chi connectivity index (χ1v) is 9.78. The van der Waals surface area contributed by atoms with Crippen molar-refractivity contribution >= 4 is 33.7 Å². The molecule has 2 heterocycles. The topological polar surface area (TPSA) is 89.2 Å². The monoisotopic (exact) mass is 399 g/mol. The molecule has 1 aliphatic rings. The average Bonchev–Trinajstić information content (AvgIpc) is 3.04. The van der Waals surface area contributed by atoms with Gasteiger partial charge in [-0.1, -0.05) is 24.3 Å². The smallest absolute Gasteiger partial charge is 0.271 e. The first-order chi connectivity index (χ1) is 13.5. The van der Waals surface area contributed by atoms with Gasteiger partial charge in [0.15, 0.2) is 4.83 Å². The van der Waals surface area contributed by atoms with Gasteiger partial charge in [-0.05, 0) is 48.4 Å². The molecular weight excluding hydrogens is 381 g/mol.